The van der Waals surface area contributed by atoms with E-state index in [4.69, 9.17) is 14.4 Å². The Kier molecular flexibility index (Phi) is 11.9. The largest absolute Gasteiger partial charge is 0.498 e. The first-order valence-electron chi connectivity index (χ1n) is 19.2. The molecule has 0 amide bonds. The molecule has 1 radical (unpaired) electrons. The Morgan fingerprint density at radius 1 is 0.768 bits per heavy atom. The molecule has 0 saturated heterocycles. The molecule has 4 aromatic heterocycles. The Bertz CT molecular complexity index is 2620. The van der Waals surface area contributed by atoms with E-state index in [1.165, 1.54) is 38.9 Å². The molecule has 56 heavy (non-hydrogen) atoms. The maximum atomic E-state index is 6.62. The Balaban J connectivity index is 0.000000236. The van der Waals surface area contributed by atoms with Crippen LogP contribution in [-0.2, 0) is 31.9 Å². The number of hydrogen-bond donors (Lipinski definition) is 0. The molecule has 0 bridgehead atoms. The van der Waals surface area contributed by atoms with Gasteiger partial charge in [0.25, 0.3) is 0 Å². The first kappa shape index (κ1) is 41.2. The smallest absolute Gasteiger partial charge is 0.148 e. The second-order valence-corrected chi connectivity index (χ2v) is 18.4. The monoisotopic (exact) mass is 934 g/mol. The van der Waals surface area contributed by atoms with Crippen LogP contribution in [0.15, 0.2) is 95.7 Å². The number of hydrogen-bond acceptors (Lipinski definition) is 5. The molecule has 8 aromatic rings. The van der Waals surface area contributed by atoms with Crippen LogP contribution in [0.3, 0.4) is 0 Å². The van der Waals surface area contributed by atoms with Crippen LogP contribution in [0.4, 0.5) is 0 Å². The summed E-state index contributed by atoms with van der Waals surface area (Å²) in [6.07, 6.45) is 5.07. The minimum absolute atomic E-state index is 0. The molecule has 4 aromatic carbocycles. The number of furan rings is 1. The molecular weight excluding hydrogens is 883 g/mol. The summed E-state index contributed by atoms with van der Waals surface area (Å²) < 4.78 is 7.77. The molecule has 0 aliphatic rings. The molecule has 4 nitrogen and oxygen atoms in total. The zero-order valence-corrected chi connectivity index (χ0v) is 37.6. The molecule has 0 N–H and O–H groups in total. The first-order chi connectivity index (χ1) is 26.1. The summed E-state index contributed by atoms with van der Waals surface area (Å²) in [5.74, 6) is 0.358. The Labute approximate surface area is 350 Å². The second kappa shape index (κ2) is 16.2. The molecule has 0 atom stereocenters. The van der Waals surface area contributed by atoms with E-state index in [2.05, 4.69) is 160 Å². The number of aromatic nitrogens is 3. The van der Waals surface area contributed by atoms with Gasteiger partial charge < -0.3 is 14.4 Å². The third-order valence-corrected chi connectivity index (χ3v) is 11.4. The number of pyridine rings is 2. The molecule has 8 rings (SSSR count). The van der Waals surface area contributed by atoms with Crippen molar-refractivity contribution in [3.63, 3.8) is 0 Å². The van der Waals surface area contributed by atoms with E-state index in [-0.39, 0.29) is 25.5 Å². The van der Waals surface area contributed by atoms with Gasteiger partial charge in [-0.3, -0.25) is 0 Å². The van der Waals surface area contributed by atoms with Crippen LogP contribution in [0.5, 0.6) is 0 Å². The summed E-state index contributed by atoms with van der Waals surface area (Å²) in [6.45, 7) is 24.2. The summed E-state index contributed by atoms with van der Waals surface area (Å²) in [5.41, 5.74) is 15.5. The average molecular weight is 934 g/mol. The molecule has 0 saturated carbocycles. The van der Waals surface area contributed by atoms with Gasteiger partial charge in [-0.2, -0.15) is 0 Å². The fraction of sp³-hybridized carbons (Fsp3) is 0.300. The van der Waals surface area contributed by atoms with Crippen LogP contribution in [0.1, 0.15) is 94.1 Å². The summed E-state index contributed by atoms with van der Waals surface area (Å²) >= 11 is 1.74. The van der Waals surface area contributed by atoms with Gasteiger partial charge in [-0.1, -0.05) is 116 Å². The van der Waals surface area contributed by atoms with E-state index in [0.29, 0.717) is 11.3 Å². The number of thiazole rings is 1. The van der Waals surface area contributed by atoms with Crippen LogP contribution >= 0.6 is 11.3 Å². The number of rotatable bonds is 5. The van der Waals surface area contributed by atoms with Crippen molar-refractivity contribution in [3.8, 4) is 33.6 Å². The third kappa shape index (κ3) is 8.59. The quantitative estimate of drug-likeness (QED) is 0.161. The summed E-state index contributed by atoms with van der Waals surface area (Å²) in [7, 11) is 0. The minimum atomic E-state index is -0.00680. The van der Waals surface area contributed by atoms with E-state index in [9.17, 15) is 0 Å². The fourth-order valence-electron chi connectivity index (χ4n) is 7.18. The maximum absolute atomic E-state index is 6.62. The molecule has 0 aliphatic heterocycles. The number of fused-ring (bicyclic) bond motifs is 5. The molecule has 0 fully saturated rings. The van der Waals surface area contributed by atoms with Gasteiger partial charge in [-0.15, -0.1) is 64.9 Å². The Morgan fingerprint density at radius 3 is 2.11 bits per heavy atom. The van der Waals surface area contributed by atoms with Crippen molar-refractivity contribution < 1.29 is 24.5 Å². The fourth-order valence-corrected chi connectivity index (χ4v) is 8.20. The van der Waals surface area contributed by atoms with E-state index in [0.717, 1.165) is 66.1 Å². The number of benzene rings is 4. The van der Waals surface area contributed by atoms with E-state index in [1.54, 1.807) is 11.3 Å². The van der Waals surface area contributed by atoms with Gasteiger partial charge >= 0.3 is 0 Å². The topological polar surface area (TPSA) is 51.8 Å². The van der Waals surface area contributed by atoms with Crippen molar-refractivity contribution in [1.82, 2.24) is 15.0 Å². The zero-order chi connectivity index (χ0) is 39.2. The van der Waals surface area contributed by atoms with Crippen LogP contribution in [-0.4, -0.2) is 15.0 Å². The summed E-state index contributed by atoms with van der Waals surface area (Å²) in [6, 6.07) is 34.2. The molecule has 0 spiro atoms. The molecule has 289 valence electrons. The van der Waals surface area contributed by atoms with Crippen LogP contribution in [0, 0.1) is 38.3 Å². The SMILES string of the molecule is Cc1c[c-]c(-c2ccc(CC(C)(C)C)cn2)cc1.Cc1cccc(C)c1-c1cc(-c2[c-]ccc3c2oc2c3ccc3sc(C(C)(C)C)nc32)ncc1C(C)C.[Ir]. The van der Waals surface area contributed by atoms with Crippen molar-refractivity contribution in [1.29, 1.82) is 0 Å². The Morgan fingerprint density at radius 2 is 1.48 bits per heavy atom. The predicted molar refractivity (Wildman–Crippen MR) is 233 cm³/mol. The van der Waals surface area contributed by atoms with E-state index < -0.39 is 0 Å². The normalized spacial score (nSPS) is 11.9. The first-order valence-corrected chi connectivity index (χ1v) is 20.1. The molecule has 0 unspecified atom stereocenters. The van der Waals surface area contributed by atoms with E-state index in [1.807, 2.05) is 24.5 Å². The zero-order valence-electron chi connectivity index (χ0n) is 34.4. The maximum Gasteiger partial charge on any atom is 0.148 e. The summed E-state index contributed by atoms with van der Waals surface area (Å²) in [5, 5.41) is 3.27. The molecule has 6 heteroatoms. The van der Waals surface area contributed by atoms with Crippen LogP contribution in [0.25, 0.3) is 65.8 Å². The van der Waals surface area contributed by atoms with Gasteiger partial charge in [0.05, 0.1) is 15.3 Å². The van der Waals surface area contributed by atoms with E-state index >= 15 is 0 Å². The van der Waals surface area contributed by atoms with Crippen molar-refractivity contribution in [2.24, 2.45) is 5.41 Å². The van der Waals surface area contributed by atoms with Crippen LogP contribution in [0.2, 0.25) is 0 Å². The van der Waals surface area contributed by atoms with Gasteiger partial charge in [-0.05, 0) is 82.4 Å². The van der Waals surface area contributed by atoms with Gasteiger partial charge in [0.15, 0.2) is 0 Å². The van der Waals surface area contributed by atoms with Crippen molar-refractivity contribution in [3.05, 3.63) is 136 Å². The minimum Gasteiger partial charge on any atom is -0.498 e. The molecule has 4 heterocycles. The van der Waals surface area contributed by atoms with Gasteiger partial charge in [0.1, 0.15) is 11.1 Å². The third-order valence-electron chi connectivity index (χ3n) is 9.97. The number of nitrogens with zero attached hydrogens (tertiary/aromatic N) is 3. The second-order valence-electron chi connectivity index (χ2n) is 17.4. The average Bonchev–Trinajstić information content (AvgIpc) is 3.74. The van der Waals surface area contributed by atoms with Crippen LogP contribution < -0.4 is 0 Å². The van der Waals surface area contributed by atoms with Crippen molar-refractivity contribution >= 4 is 43.5 Å². The predicted octanol–water partition coefficient (Wildman–Crippen LogP) is 14.2. The van der Waals surface area contributed by atoms with Crippen molar-refractivity contribution in [2.75, 3.05) is 0 Å². The molecule has 0 aliphatic carbocycles. The summed E-state index contributed by atoms with van der Waals surface area (Å²) in [4.78, 5) is 14.5. The Hall–Kier alpha value is -4.48. The van der Waals surface area contributed by atoms with Gasteiger partial charge in [-0.25, -0.2) is 4.98 Å². The van der Waals surface area contributed by atoms with Gasteiger partial charge in [0, 0.05) is 43.3 Å². The standard InChI is InChI=1S/C33H31N2OS.C17H20N.Ir/c1-18(2)25-17-34-26(16-24(25)28-19(3)10-8-11-20(28)4)23-13-9-12-21-22-14-15-27-29(31(22)36-30(21)23)35-32(37-27)33(5,6)7;1-13-5-8-15(9-6-13)16-10-7-14(12-18-16)11-17(2,3)4;/h8-12,14-18H,1-7H3;5-8,10,12H,11H2,1-4H3;/q2*-1;. The molecular formula is C50H51IrN3OS-2. The van der Waals surface area contributed by atoms with Crippen molar-refractivity contribution in [2.45, 2.75) is 93.9 Å². The van der Waals surface area contributed by atoms with Gasteiger partial charge in [0.2, 0.25) is 0 Å². The number of aryl methyl sites for hydroxylation is 3.